The second-order valence-corrected chi connectivity index (χ2v) is 5.64. The fourth-order valence-electron chi connectivity index (χ4n) is 3.04. The molecule has 1 aromatic carbocycles. The van der Waals surface area contributed by atoms with E-state index >= 15 is 0 Å². The SMILES string of the molecule is CCOC(=O)c1cccc(-n2nc(C(F)F)c3c2C(O)CCC3)c1. The van der Waals surface area contributed by atoms with E-state index in [-0.39, 0.29) is 12.3 Å². The summed E-state index contributed by atoms with van der Waals surface area (Å²) in [4.78, 5) is 11.9. The number of aromatic nitrogens is 2. The standard InChI is InChI=1S/C17H18F2N2O3/c1-2-24-17(23)10-5-3-6-11(9-10)21-15-12(7-4-8-13(15)22)14(20-21)16(18)19/h3,5-6,9,13,16,22H,2,4,7-8H2,1H3. The van der Waals surface area contributed by atoms with Gasteiger partial charge < -0.3 is 9.84 Å². The van der Waals surface area contributed by atoms with Gasteiger partial charge in [-0.25, -0.2) is 18.3 Å². The lowest BCUT2D eigenvalue weighted by Gasteiger charge is -2.20. The monoisotopic (exact) mass is 336 g/mol. The molecule has 1 aliphatic carbocycles. The van der Waals surface area contributed by atoms with E-state index in [4.69, 9.17) is 4.74 Å². The van der Waals surface area contributed by atoms with Crippen molar-refractivity contribution in [2.75, 3.05) is 6.61 Å². The van der Waals surface area contributed by atoms with Crippen molar-refractivity contribution in [1.82, 2.24) is 9.78 Å². The summed E-state index contributed by atoms with van der Waals surface area (Å²) in [5, 5.41) is 14.3. The number of rotatable bonds is 4. The molecule has 0 radical (unpaired) electrons. The first-order chi connectivity index (χ1) is 11.5. The van der Waals surface area contributed by atoms with Gasteiger partial charge in [0, 0.05) is 5.56 Å². The zero-order chi connectivity index (χ0) is 17.3. The van der Waals surface area contributed by atoms with E-state index in [9.17, 15) is 18.7 Å². The first kappa shape index (κ1) is 16.6. The maximum Gasteiger partial charge on any atom is 0.338 e. The average molecular weight is 336 g/mol. The van der Waals surface area contributed by atoms with E-state index in [1.54, 1.807) is 25.1 Å². The Morgan fingerprint density at radius 1 is 1.50 bits per heavy atom. The number of hydrogen-bond acceptors (Lipinski definition) is 4. The lowest BCUT2D eigenvalue weighted by atomic mass is 9.93. The molecule has 1 atom stereocenters. The average Bonchev–Trinajstić information content (AvgIpc) is 2.96. The van der Waals surface area contributed by atoms with Crippen molar-refractivity contribution in [2.24, 2.45) is 0 Å². The van der Waals surface area contributed by atoms with Gasteiger partial charge in [-0.05, 0) is 44.4 Å². The predicted octanol–water partition coefficient (Wildman–Crippen LogP) is 3.36. The Balaban J connectivity index is 2.10. The van der Waals surface area contributed by atoms with Crippen LogP contribution in [0, 0.1) is 0 Å². The Hall–Kier alpha value is -2.28. The Morgan fingerprint density at radius 3 is 3.00 bits per heavy atom. The maximum atomic E-state index is 13.3. The summed E-state index contributed by atoms with van der Waals surface area (Å²) in [6, 6.07) is 6.41. The van der Waals surface area contributed by atoms with Gasteiger partial charge in [-0.2, -0.15) is 5.10 Å². The third kappa shape index (κ3) is 2.91. The number of aliphatic hydroxyl groups is 1. The van der Waals surface area contributed by atoms with Crippen LogP contribution in [0.2, 0.25) is 0 Å². The molecule has 0 amide bonds. The number of aliphatic hydroxyl groups excluding tert-OH is 1. The largest absolute Gasteiger partial charge is 0.462 e. The van der Waals surface area contributed by atoms with Gasteiger partial charge in [-0.1, -0.05) is 6.07 Å². The normalized spacial score (nSPS) is 17.0. The van der Waals surface area contributed by atoms with Crippen molar-refractivity contribution in [3.8, 4) is 5.69 Å². The molecular formula is C17H18F2N2O3. The third-order valence-corrected chi connectivity index (χ3v) is 4.08. The van der Waals surface area contributed by atoms with E-state index < -0.39 is 18.5 Å². The molecule has 7 heteroatoms. The zero-order valence-electron chi connectivity index (χ0n) is 13.2. The lowest BCUT2D eigenvalue weighted by molar-refractivity contribution is 0.0526. The van der Waals surface area contributed by atoms with Crippen molar-refractivity contribution in [1.29, 1.82) is 0 Å². The van der Waals surface area contributed by atoms with Crippen LogP contribution >= 0.6 is 0 Å². The molecule has 24 heavy (non-hydrogen) atoms. The van der Waals surface area contributed by atoms with Crippen molar-refractivity contribution >= 4 is 5.97 Å². The van der Waals surface area contributed by atoms with Gasteiger partial charge in [0.05, 0.1) is 29.7 Å². The van der Waals surface area contributed by atoms with Crippen molar-refractivity contribution < 1.29 is 23.4 Å². The predicted molar refractivity (Wildman–Crippen MR) is 82.4 cm³/mol. The highest BCUT2D eigenvalue weighted by molar-refractivity contribution is 5.90. The summed E-state index contributed by atoms with van der Waals surface area (Å²) in [5.41, 5.74) is 1.25. The van der Waals surface area contributed by atoms with Gasteiger partial charge in [0.25, 0.3) is 6.43 Å². The van der Waals surface area contributed by atoms with Crippen LogP contribution in [-0.4, -0.2) is 27.5 Å². The van der Waals surface area contributed by atoms with Crippen LogP contribution in [0.1, 0.15) is 59.6 Å². The summed E-state index contributed by atoms with van der Waals surface area (Å²) >= 11 is 0. The molecule has 1 aliphatic rings. The Bertz CT molecular complexity index is 758. The Kier molecular flexibility index (Phi) is 4.62. The molecule has 0 bridgehead atoms. The summed E-state index contributed by atoms with van der Waals surface area (Å²) in [6.07, 6.45) is -1.95. The molecule has 1 N–H and O–H groups in total. The fraction of sp³-hybridized carbons (Fsp3) is 0.412. The molecule has 2 aromatic rings. The summed E-state index contributed by atoms with van der Waals surface area (Å²) in [6.45, 7) is 1.95. The molecule has 0 spiro atoms. The van der Waals surface area contributed by atoms with Crippen LogP contribution in [-0.2, 0) is 11.2 Å². The number of ether oxygens (including phenoxy) is 1. The van der Waals surface area contributed by atoms with Gasteiger partial charge in [-0.15, -0.1) is 0 Å². The number of fused-ring (bicyclic) bond motifs is 1. The molecule has 128 valence electrons. The van der Waals surface area contributed by atoms with Gasteiger partial charge >= 0.3 is 5.97 Å². The summed E-state index contributed by atoms with van der Waals surface area (Å²) < 4.78 is 32.9. The number of halogens is 2. The van der Waals surface area contributed by atoms with Crippen LogP contribution in [0.3, 0.4) is 0 Å². The minimum absolute atomic E-state index is 0.245. The highest BCUT2D eigenvalue weighted by Crippen LogP contribution is 2.36. The van der Waals surface area contributed by atoms with Crippen LogP contribution in [0.4, 0.5) is 8.78 Å². The highest BCUT2D eigenvalue weighted by Gasteiger charge is 2.31. The van der Waals surface area contributed by atoms with E-state index in [1.165, 1.54) is 10.7 Å². The second kappa shape index (κ2) is 6.68. The Labute approximate surface area is 137 Å². The molecule has 1 unspecified atom stereocenters. The topological polar surface area (TPSA) is 64.4 Å². The quantitative estimate of drug-likeness (QED) is 0.870. The summed E-state index contributed by atoms with van der Waals surface area (Å²) in [5.74, 6) is -0.491. The first-order valence-electron chi connectivity index (χ1n) is 7.88. The van der Waals surface area contributed by atoms with Crippen LogP contribution in [0.5, 0.6) is 0 Å². The number of esters is 1. The first-order valence-corrected chi connectivity index (χ1v) is 7.88. The smallest absolute Gasteiger partial charge is 0.338 e. The van der Waals surface area contributed by atoms with Gasteiger partial charge in [0.1, 0.15) is 5.69 Å². The minimum atomic E-state index is -2.71. The molecule has 5 nitrogen and oxygen atoms in total. The molecule has 0 saturated heterocycles. The number of carbonyl (C=O) groups excluding carboxylic acids is 1. The van der Waals surface area contributed by atoms with Crippen LogP contribution in [0.25, 0.3) is 5.69 Å². The minimum Gasteiger partial charge on any atom is -0.462 e. The van der Waals surface area contributed by atoms with Crippen LogP contribution < -0.4 is 0 Å². The number of carbonyl (C=O) groups is 1. The number of nitrogens with zero attached hydrogens (tertiary/aromatic N) is 2. The molecule has 1 heterocycles. The zero-order valence-corrected chi connectivity index (χ0v) is 13.2. The van der Waals surface area contributed by atoms with E-state index in [1.807, 2.05) is 0 Å². The molecule has 3 rings (SSSR count). The van der Waals surface area contributed by atoms with Crippen molar-refractivity contribution in [3.05, 3.63) is 46.8 Å². The fourth-order valence-corrected chi connectivity index (χ4v) is 3.04. The third-order valence-electron chi connectivity index (χ3n) is 4.08. The number of benzene rings is 1. The van der Waals surface area contributed by atoms with Crippen LogP contribution in [0.15, 0.2) is 24.3 Å². The van der Waals surface area contributed by atoms with Crippen molar-refractivity contribution in [3.63, 3.8) is 0 Å². The highest BCUT2D eigenvalue weighted by atomic mass is 19.3. The van der Waals surface area contributed by atoms with Gasteiger partial charge in [0.2, 0.25) is 0 Å². The van der Waals surface area contributed by atoms with E-state index in [0.29, 0.717) is 41.8 Å². The van der Waals surface area contributed by atoms with Crippen molar-refractivity contribution in [2.45, 2.75) is 38.7 Å². The molecule has 0 aliphatic heterocycles. The van der Waals surface area contributed by atoms with Gasteiger partial charge in [0.15, 0.2) is 0 Å². The Morgan fingerprint density at radius 2 is 2.29 bits per heavy atom. The van der Waals surface area contributed by atoms with Gasteiger partial charge in [-0.3, -0.25) is 0 Å². The van der Waals surface area contributed by atoms with E-state index in [2.05, 4.69) is 5.10 Å². The molecule has 0 fully saturated rings. The van der Waals surface area contributed by atoms with E-state index in [0.717, 1.165) is 0 Å². The lowest BCUT2D eigenvalue weighted by Crippen LogP contribution is -2.14. The number of alkyl halides is 2. The molecule has 1 aromatic heterocycles. The summed E-state index contributed by atoms with van der Waals surface area (Å²) in [7, 11) is 0. The molecule has 0 saturated carbocycles. The second-order valence-electron chi connectivity index (χ2n) is 5.64. The molecular weight excluding hydrogens is 318 g/mol. The number of hydrogen-bond donors (Lipinski definition) is 1. The maximum absolute atomic E-state index is 13.3.